The monoisotopic (exact) mass is 446 g/mol. The van der Waals surface area contributed by atoms with Gasteiger partial charge < -0.3 is 19.5 Å². The van der Waals surface area contributed by atoms with Crippen LogP contribution in [0.2, 0.25) is 0 Å². The molecule has 0 bridgehead atoms. The fourth-order valence-electron chi connectivity index (χ4n) is 3.53. The lowest BCUT2D eigenvalue weighted by Crippen LogP contribution is -2.47. The number of hydrogen-bond acceptors (Lipinski definition) is 6. The molecule has 0 aliphatic carbocycles. The Balaban J connectivity index is 0.000000423. The van der Waals surface area contributed by atoms with Crippen LogP contribution in [0.1, 0.15) is 26.7 Å². The number of carbonyl (C=O) groups excluding carboxylic acids is 1. The molecule has 0 saturated carbocycles. The number of piperazine rings is 1. The molecule has 0 spiro atoms. The van der Waals surface area contributed by atoms with Crippen molar-refractivity contribution in [1.29, 1.82) is 0 Å². The fraction of sp³-hybridized carbons (Fsp3) is 0.619. The molecular formula is C21H29F3N2O5. The lowest BCUT2D eigenvalue weighted by molar-refractivity contribution is -0.192. The van der Waals surface area contributed by atoms with Crippen LogP contribution >= 0.6 is 0 Å². The first-order valence-electron chi connectivity index (χ1n) is 10.0. The molecule has 31 heavy (non-hydrogen) atoms. The summed E-state index contributed by atoms with van der Waals surface area (Å²) in [7, 11) is 1.70. The van der Waals surface area contributed by atoms with E-state index in [1.807, 2.05) is 26.0 Å². The number of nitrogens with zero attached hydrogens (tertiary/aromatic N) is 2. The van der Waals surface area contributed by atoms with Gasteiger partial charge in [-0.2, -0.15) is 13.2 Å². The summed E-state index contributed by atoms with van der Waals surface area (Å²) in [6.45, 7) is 9.07. The second-order valence-corrected chi connectivity index (χ2v) is 8.24. The molecule has 0 radical (unpaired) electrons. The summed E-state index contributed by atoms with van der Waals surface area (Å²) in [4.78, 5) is 25.5. The number of rotatable bonds is 5. The van der Waals surface area contributed by atoms with E-state index in [0.717, 1.165) is 51.3 Å². The van der Waals surface area contributed by atoms with Crippen LogP contribution in [0.5, 0.6) is 5.75 Å². The van der Waals surface area contributed by atoms with Crippen molar-refractivity contribution < 1.29 is 37.3 Å². The van der Waals surface area contributed by atoms with E-state index in [9.17, 15) is 18.0 Å². The van der Waals surface area contributed by atoms with Gasteiger partial charge in [0.2, 0.25) is 0 Å². The van der Waals surface area contributed by atoms with Gasteiger partial charge in [-0.3, -0.25) is 9.69 Å². The molecule has 2 aliphatic heterocycles. The number of carboxylic acid groups (broad SMARTS) is 1. The maximum Gasteiger partial charge on any atom is 0.490 e. The minimum atomic E-state index is -5.08. The molecule has 2 saturated heterocycles. The summed E-state index contributed by atoms with van der Waals surface area (Å²) in [5.74, 6) is -1.90. The summed E-state index contributed by atoms with van der Waals surface area (Å²) >= 11 is 0. The summed E-state index contributed by atoms with van der Waals surface area (Å²) in [6, 6.07) is 8.24. The zero-order chi connectivity index (χ0) is 23.2. The Morgan fingerprint density at radius 2 is 1.87 bits per heavy atom. The standard InChI is InChI=1S/C19H28N2O3.C2HF3O2/c1-19(2)14-17(24-18(19)22)7-8-20-9-11-21(12-10-20)15-5-4-6-16(13-15)23-3;3-2(4,5)1(6)7/h4-6,13,17H,7-12,14H2,1-3H3;(H,6,7)/t17-;/m0./s1. The largest absolute Gasteiger partial charge is 0.497 e. The van der Waals surface area contributed by atoms with Gasteiger partial charge in [0.25, 0.3) is 0 Å². The Morgan fingerprint density at radius 1 is 1.26 bits per heavy atom. The molecule has 0 unspecified atom stereocenters. The average Bonchev–Trinajstić information content (AvgIpc) is 2.98. The molecule has 1 atom stereocenters. The van der Waals surface area contributed by atoms with E-state index in [1.165, 1.54) is 5.69 Å². The van der Waals surface area contributed by atoms with Crippen molar-refractivity contribution in [2.75, 3.05) is 44.7 Å². The molecule has 1 aromatic rings. The second kappa shape index (κ2) is 10.2. The lowest BCUT2D eigenvalue weighted by Gasteiger charge is -2.36. The van der Waals surface area contributed by atoms with Crippen molar-refractivity contribution in [2.24, 2.45) is 5.41 Å². The third-order valence-corrected chi connectivity index (χ3v) is 5.36. The minimum Gasteiger partial charge on any atom is -0.497 e. The van der Waals surface area contributed by atoms with E-state index >= 15 is 0 Å². The molecule has 2 heterocycles. The molecule has 7 nitrogen and oxygen atoms in total. The number of halogens is 3. The van der Waals surface area contributed by atoms with Gasteiger partial charge in [-0.25, -0.2) is 4.79 Å². The van der Waals surface area contributed by atoms with Crippen molar-refractivity contribution in [3.05, 3.63) is 24.3 Å². The number of alkyl halides is 3. The number of benzene rings is 1. The maximum atomic E-state index is 11.8. The maximum absolute atomic E-state index is 11.8. The quantitative estimate of drug-likeness (QED) is 0.696. The number of anilines is 1. The molecule has 3 rings (SSSR count). The topological polar surface area (TPSA) is 79.3 Å². The first kappa shape index (κ1) is 24.8. The van der Waals surface area contributed by atoms with Crippen LogP contribution in [0.4, 0.5) is 18.9 Å². The number of carbonyl (C=O) groups is 2. The first-order valence-corrected chi connectivity index (χ1v) is 10.0. The second-order valence-electron chi connectivity index (χ2n) is 8.24. The highest BCUT2D eigenvalue weighted by Gasteiger charge is 2.41. The van der Waals surface area contributed by atoms with E-state index in [0.29, 0.717) is 0 Å². The third kappa shape index (κ3) is 7.30. The Kier molecular flexibility index (Phi) is 8.16. The summed E-state index contributed by atoms with van der Waals surface area (Å²) in [5, 5.41) is 7.12. The van der Waals surface area contributed by atoms with Gasteiger partial charge >= 0.3 is 18.1 Å². The van der Waals surface area contributed by atoms with Crippen LogP contribution in [0.15, 0.2) is 24.3 Å². The van der Waals surface area contributed by atoms with Crippen LogP contribution in [0.25, 0.3) is 0 Å². The predicted molar refractivity (Wildman–Crippen MR) is 108 cm³/mol. The number of aliphatic carboxylic acids is 1. The van der Waals surface area contributed by atoms with Gasteiger partial charge in [0.05, 0.1) is 12.5 Å². The van der Waals surface area contributed by atoms with Crippen LogP contribution < -0.4 is 9.64 Å². The zero-order valence-electron chi connectivity index (χ0n) is 17.9. The Bertz CT molecular complexity index is 762. The highest BCUT2D eigenvalue weighted by Crippen LogP contribution is 2.34. The molecule has 2 fully saturated rings. The molecule has 0 amide bonds. The first-order chi connectivity index (χ1) is 14.4. The van der Waals surface area contributed by atoms with Crippen LogP contribution in [0.3, 0.4) is 0 Å². The van der Waals surface area contributed by atoms with Crippen LogP contribution in [0, 0.1) is 5.41 Å². The van der Waals surface area contributed by atoms with Gasteiger partial charge in [0, 0.05) is 44.5 Å². The van der Waals surface area contributed by atoms with Crippen molar-refractivity contribution in [1.82, 2.24) is 4.90 Å². The Hall–Kier alpha value is -2.49. The summed E-state index contributed by atoms with van der Waals surface area (Å²) in [5.41, 5.74) is 0.913. The minimum absolute atomic E-state index is 0.0460. The molecular weight excluding hydrogens is 417 g/mol. The third-order valence-electron chi connectivity index (χ3n) is 5.36. The smallest absolute Gasteiger partial charge is 0.490 e. The summed E-state index contributed by atoms with van der Waals surface area (Å²) in [6.07, 6.45) is -3.21. The average molecular weight is 446 g/mol. The van der Waals surface area contributed by atoms with Crippen molar-refractivity contribution in [3.63, 3.8) is 0 Å². The normalized spacial score (nSPS) is 21.2. The van der Waals surface area contributed by atoms with Gasteiger partial charge in [-0.1, -0.05) is 6.07 Å². The lowest BCUT2D eigenvalue weighted by atomic mass is 9.89. The number of ether oxygens (including phenoxy) is 2. The molecule has 2 aliphatic rings. The predicted octanol–water partition coefficient (Wildman–Crippen LogP) is 3.18. The van der Waals surface area contributed by atoms with Crippen molar-refractivity contribution in [3.8, 4) is 5.75 Å². The van der Waals surface area contributed by atoms with E-state index in [-0.39, 0.29) is 17.5 Å². The number of hydrogen-bond donors (Lipinski definition) is 1. The highest BCUT2D eigenvalue weighted by molar-refractivity contribution is 5.78. The van der Waals surface area contributed by atoms with Crippen LogP contribution in [-0.2, 0) is 14.3 Å². The van der Waals surface area contributed by atoms with Crippen molar-refractivity contribution in [2.45, 2.75) is 39.0 Å². The van der Waals surface area contributed by atoms with E-state index < -0.39 is 12.1 Å². The molecule has 174 valence electrons. The molecule has 10 heteroatoms. The fourth-order valence-corrected chi connectivity index (χ4v) is 3.53. The molecule has 0 aromatic heterocycles. The number of esters is 1. The van der Waals surface area contributed by atoms with Crippen LogP contribution in [-0.4, -0.2) is 74.1 Å². The summed E-state index contributed by atoms with van der Waals surface area (Å²) < 4.78 is 42.5. The number of methoxy groups -OCH3 is 1. The molecule has 1 N–H and O–H groups in total. The van der Waals surface area contributed by atoms with E-state index in [4.69, 9.17) is 19.4 Å². The van der Waals surface area contributed by atoms with E-state index in [2.05, 4.69) is 21.9 Å². The van der Waals surface area contributed by atoms with Gasteiger partial charge in [0.15, 0.2) is 0 Å². The Labute approximate surface area is 179 Å². The van der Waals surface area contributed by atoms with Gasteiger partial charge in [-0.15, -0.1) is 0 Å². The highest BCUT2D eigenvalue weighted by atomic mass is 19.4. The van der Waals surface area contributed by atoms with Crippen molar-refractivity contribution >= 4 is 17.6 Å². The number of cyclic esters (lactones) is 1. The molecule has 1 aromatic carbocycles. The SMILES string of the molecule is COc1cccc(N2CCN(CC[C@H]3CC(C)(C)C(=O)O3)CC2)c1.O=C(O)C(F)(F)F. The van der Waals surface area contributed by atoms with E-state index in [1.54, 1.807) is 7.11 Å². The van der Waals surface area contributed by atoms with Gasteiger partial charge in [0.1, 0.15) is 11.9 Å². The Morgan fingerprint density at radius 3 is 2.35 bits per heavy atom. The number of carboxylic acids is 1. The zero-order valence-corrected chi connectivity index (χ0v) is 17.9. The van der Waals surface area contributed by atoms with Gasteiger partial charge in [-0.05, 0) is 38.8 Å².